The van der Waals surface area contributed by atoms with E-state index >= 15 is 0 Å². The van der Waals surface area contributed by atoms with E-state index in [2.05, 4.69) is 19.1 Å². The molecule has 17 heavy (non-hydrogen) atoms. The van der Waals surface area contributed by atoms with Crippen LogP contribution in [0.4, 0.5) is 0 Å². The molecule has 1 N–H and O–H groups in total. The van der Waals surface area contributed by atoms with Crippen molar-refractivity contribution in [3.05, 3.63) is 21.9 Å². The van der Waals surface area contributed by atoms with Gasteiger partial charge in [-0.05, 0) is 32.4 Å². The molecule has 1 amide bonds. The van der Waals surface area contributed by atoms with Gasteiger partial charge in [0.2, 0.25) is 5.91 Å². The zero-order chi connectivity index (χ0) is 12.4. The molecule has 0 saturated heterocycles. The minimum Gasteiger partial charge on any atom is -0.395 e. The van der Waals surface area contributed by atoms with Gasteiger partial charge in [0.05, 0.1) is 6.61 Å². The highest BCUT2D eigenvalue weighted by Crippen LogP contribution is 2.50. The van der Waals surface area contributed by atoms with Crippen molar-refractivity contribution in [1.82, 2.24) is 4.90 Å². The number of amides is 1. The van der Waals surface area contributed by atoms with Gasteiger partial charge in [-0.1, -0.05) is 0 Å². The third kappa shape index (κ3) is 2.69. The maximum atomic E-state index is 12.1. The molecule has 2 atom stereocenters. The zero-order valence-corrected chi connectivity index (χ0v) is 11.2. The van der Waals surface area contributed by atoms with E-state index < -0.39 is 0 Å². The fraction of sp³-hybridized carbons (Fsp3) is 0.615. The van der Waals surface area contributed by atoms with Crippen LogP contribution in [0.3, 0.4) is 0 Å². The lowest BCUT2D eigenvalue weighted by molar-refractivity contribution is -0.132. The van der Waals surface area contributed by atoms with Crippen molar-refractivity contribution >= 4 is 17.2 Å². The highest BCUT2D eigenvalue weighted by Gasteiger charge is 2.46. The smallest absolute Gasteiger partial charge is 0.226 e. The maximum absolute atomic E-state index is 12.1. The van der Waals surface area contributed by atoms with E-state index in [9.17, 15) is 4.79 Å². The lowest BCUT2D eigenvalue weighted by atomic mass is 10.2. The highest BCUT2D eigenvalue weighted by atomic mass is 32.1. The minimum atomic E-state index is 0.0507. The maximum Gasteiger partial charge on any atom is 0.226 e. The summed E-state index contributed by atoms with van der Waals surface area (Å²) in [6, 6.07) is 4.26. The van der Waals surface area contributed by atoms with Gasteiger partial charge < -0.3 is 10.0 Å². The number of aliphatic hydroxyl groups is 1. The highest BCUT2D eigenvalue weighted by molar-refractivity contribution is 7.12. The molecule has 94 valence electrons. The molecule has 1 aliphatic rings. The fourth-order valence-electron chi connectivity index (χ4n) is 2.21. The average molecular weight is 253 g/mol. The average Bonchev–Trinajstić information content (AvgIpc) is 3.01. The minimum absolute atomic E-state index is 0.0507. The zero-order valence-electron chi connectivity index (χ0n) is 10.3. The molecule has 3 nitrogen and oxygen atoms in total. The van der Waals surface area contributed by atoms with Gasteiger partial charge in [0.1, 0.15) is 0 Å². The van der Waals surface area contributed by atoms with E-state index in [0.717, 1.165) is 6.42 Å². The van der Waals surface area contributed by atoms with Crippen molar-refractivity contribution in [3.63, 3.8) is 0 Å². The summed E-state index contributed by atoms with van der Waals surface area (Å²) >= 11 is 1.79. The van der Waals surface area contributed by atoms with Crippen molar-refractivity contribution in [1.29, 1.82) is 0 Å². The Morgan fingerprint density at radius 1 is 1.59 bits per heavy atom. The van der Waals surface area contributed by atoms with Crippen LogP contribution in [0.1, 0.15) is 29.0 Å². The topological polar surface area (TPSA) is 40.5 Å². The lowest BCUT2D eigenvalue weighted by Crippen LogP contribution is -2.34. The van der Waals surface area contributed by atoms with E-state index in [1.807, 2.05) is 6.92 Å². The molecule has 1 saturated carbocycles. The van der Waals surface area contributed by atoms with Crippen LogP contribution in [0, 0.1) is 12.8 Å². The van der Waals surface area contributed by atoms with Crippen LogP contribution in [0.25, 0.3) is 0 Å². The first-order valence-corrected chi connectivity index (χ1v) is 6.95. The SMILES string of the molecule is CCN(CCO)C(=O)C1CC1c1ccc(C)s1. The van der Waals surface area contributed by atoms with Gasteiger partial charge in [-0.25, -0.2) is 0 Å². The summed E-state index contributed by atoms with van der Waals surface area (Å²) in [6.07, 6.45) is 0.973. The first-order chi connectivity index (χ1) is 8.17. The van der Waals surface area contributed by atoms with E-state index in [1.165, 1.54) is 9.75 Å². The summed E-state index contributed by atoms with van der Waals surface area (Å²) in [5.41, 5.74) is 0. The summed E-state index contributed by atoms with van der Waals surface area (Å²) in [4.78, 5) is 16.5. The molecule has 4 heteroatoms. The van der Waals surface area contributed by atoms with E-state index in [4.69, 9.17) is 5.11 Å². The Morgan fingerprint density at radius 3 is 2.88 bits per heavy atom. The van der Waals surface area contributed by atoms with Crippen molar-refractivity contribution in [2.24, 2.45) is 5.92 Å². The number of carbonyl (C=O) groups is 1. The second-order valence-corrected chi connectivity index (χ2v) is 5.86. The molecule has 1 fully saturated rings. The molecular weight excluding hydrogens is 234 g/mol. The van der Waals surface area contributed by atoms with Crippen LogP contribution in [0.2, 0.25) is 0 Å². The standard InChI is InChI=1S/C13H19NO2S/c1-3-14(6-7-15)13(16)11-8-10(11)12-5-4-9(2)17-12/h4-5,10-11,15H,3,6-8H2,1-2H3. The number of hydrogen-bond acceptors (Lipinski definition) is 3. The van der Waals surface area contributed by atoms with Crippen LogP contribution in [-0.4, -0.2) is 35.6 Å². The molecule has 0 radical (unpaired) electrons. The Kier molecular flexibility index (Phi) is 3.84. The number of hydrogen-bond donors (Lipinski definition) is 1. The summed E-state index contributed by atoms with van der Waals surface area (Å²) < 4.78 is 0. The fourth-order valence-corrected chi connectivity index (χ4v) is 3.27. The third-order valence-corrected chi connectivity index (χ3v) is 4.43. The number of carbonyl (C=O) groups excluding carboxylic acids is 1. The van der Waals surface area contributed by atoms with Gasteiger partial charge in [0.15, 0.2) is 0 Å². The summed E-state index contributed by atoms with van der Waals surface area (Å²) in [6.45, 7) is 5.25. The number of thiophene rings is 1. The Bertz CT molecular complexity index is 402. The first-order valence-electron chi connectivity index (χ1n) is 6.13. The van der Waals surface area contributed by atoms with Gasteiger partial charge in [-0.3, -0.25) is 4.79 Å². The molecule has 0 aromatic carbocycles. The lowest BCUT2D eigenvalue weighted by Gasteiger charge is -2.19. The molecule has 0 aliphatic heterocycles. The second-order valence-electron chi connectivity index (χ2n) is 4.54. The van der Waals surface area contributed by atoms with Crippen molar-refractivity contribution in [2.45, 2.75) is 26.2 Å². The molecule has 1 aromatic heterocycles. The molecular formula is C13H19NO2S. The predicted octanol–water partition coefficient (Wildman–Crippen LogP) is 2.00. The Labute approximate surface area is 106 Å². The summed E-state index contributed by atoms with van der Waals surface area (Å²) in [5.74, 6) is 0.783. The number of nitrogens with zero attached hydrogens (tertiary/aromatic N) is 1. The number of likely N-dealkylation sites (N-methyl/N-ethyl adjacent to an activating group) is 1. The van der Waals surface area contributed by atoms with Crippen LogP contribution in [0.15, 0.2) is 12.1 Å². The van der Waals surface area contributed by atoms with E-state index in [1.54, 1.807) is 16.2 Å². The Hall–Kier alpha value is -0.870. The van der Waals surface area contributed by atoms with Gasteiger partial charge in [-0.15, -0.1) is 11.3 Å². The molecule has 0 bridgehead atoms. The molecule has 1 aliphatic carbocycles. The molecule has 2 rings (SSSR count). The third-order valence-electron chi connectivity index (χ3n) is 3.30. The van der Waals surface area contributed by atoms with E-state index in [0.29, 0.717) is 19.0 Å². The number of rotatable bonds is 5. The van der Waals surface area contributed by atoms with Crippen molar-refractivity contribution < 1.29 is 9.90 Å². The van der Waals surface area contributed by atoms with Gasteiger partial charge >= 0.3 is 0 Å². The molecule has 1 heterocycles. The summed E-state index contributed by atoms with van der Waals surface area (Å²) in [7, 11) is 0. The van der Waals surface area contributed by atoms with E-state index in [-0.39, 0.29) is 18.4 Å². The molecule has 0 spiro atoms. The number of aryl methyl sites for hydroxylation is 1. The van der Waals surface area contributed by atoms with Crippen LogP contribution in [-0.2, 0) is 4.79 Å². The summed E-state index contributed by atoms with van der Waals surface area (Å²) in [5, 5.41) is 8.91. The van der Waals surface area contributed by atoms with Gasteiger partial charge in [-0.2, -0.15) is 0 Å². The Morgan fingerprint density at radius 2 is 2.35 bits per heavy atom. The van der Waals surface area contributed by atoms with Gasteiger partial charge in [0, 0.05) is 34.7 Å². The van der Waals surface area contributed by atoms with Crippen molar-refractivity contribution in [3.8, 4) is 0 Å². The quantitative estimate of drug-likeness (QED) is 0.872. The predicted molar refractivity (Wildman–Crippen MR) is 69.2 cm³/mol. The number of aliphatic hydroxyl groups excluding tert-OH is 1. The monoisotopic (exact) mass is 253 g/mol. The van der Waals surface area contributed by atoms with Crippen LogP contribution < -0.4 is 0 Å². The van der Waals surface area contributed by atoms with Gasteiger partial charge in [0.25, 0.3) is 0 Å². The van der Waals surface area contributed by atoms with Crippen molar-refractivity contribution in [2.75, 3.05) is 19.7 Å². The molecule has 2 unspecified atom stereocenters. The normalized spacial score (nSPS) is 22.5. The second kappa shape index (κ2) is 5.19. The molecule has 1 aromatic rings. The van der Waals surface area contributed by atoms with Crippen LogP contribution >= 0.6 is 11.3 Å². The largest absolute Gasteiger partial charge is 0.395 e. The Balaban J connectivity index is 1.95. The van der Waals surface area contributed by atoms with Crippen LogP contribution in [0.5, 0.6) is 0 Å². The first kappa shape index (κ1) is 12.6.